The monoisotopic (exact) mass is 162 g/mol. The lowest BCUT2D eigenvalue weighted by atomic mass is 10.9. The van der Waals surface area contributed by atoms with Gasteiger partial charge in [-0.05, 0) is 25.7 Å². The zero-order chi connectivity index (χ0) is 6.97. The van der Waals surface area contributed by atoms with Gasteiger partial charge < -0.3 is 0 Å². The summed E-state index contributed by atoms with van der Waals surface area (Å²) < 4.78 is 20.7. The third kappa shape index (κ3) is 2.04. The maximum absolute atomic E-state index is 10.8. The lowest BCUT2D eigenvalue weighted by molar-refractivity contribution is 0.234. The minimum absolute atomic E-state index is 0.222. The van der Waals surface area contributed by atoms with Crippen molar-refractivity contribution in [3.05, 3.63) is 0 Å². The second-order valence-electron chi connectivity index (χ2n) is 2.80. The highest BCUT2D eigenvalue weighted by Crippen LogP contribution is 2.28. The Morgan fingerprint density at radius 1 is 1.00 bits per heavy atom. The molecule has 0 saturated heterocycles. The van der Waals surface area contributed by atoms with Gasteiger partial charge in [-0.3, -0.25) is 8.37 Å². The zero-order valence-electron chi connectivity index (χ0n) is 5.62. The molecule has 0 aromatic carbocycles. The van der Waals surface area contributed by atoms with Crippen molar-refractivity contribution < 1.29 is 12.6 Å². The van der Waals surface area contributed by atoms with E-state index in [0.29, 0.717) is 0 Å². The topological polar surface area (TPSA) is 35.5 Å². The molecule has 58 valence electrons. The molecule has 2 saturated carbocycles. The number of hydrogen-bond donors (Lipinski definition) is 0. The van der Waals surface area contributed by atoms with Gasteiger partial charge in [-0.1, -0.05) is 0 Å². The van der Waals surface area contributed by atoms with Crippen molar-refractivity contribution in [3.63, 3.8) is 0 Å². The summed E-state index contributed by atoms with van der Waals surface area (Å²) in [7, 11) is 0. The molecule has 0 atom stereocenters. The second-order valence-corrected chi connectivity index (χ2v) is 3.59. The Labute approximate surface area is 62.6 Å². The molecule has 0 amide bonds. The predicted molar refractivity (Wildman–Crippen MR) is 36.4 cm³/mol. The minimum atomic E-state index is -1.46. The van der Waals surface area contributed by atoms with Crippen LogP contribution >= 0.6 is 0 Å². The predicted octanol–water partition coefficient (Wildman–Crippen LogP) is 0.923. The largest absolute Gasteiger partial charge is 0.305 e. The summed E-state index contributed by atoms with van der Waals surface area (Å²) in [5, 5.41) is 0. The summed E-state index contributed by atoms with van der Waals surface area (Å²) in [6.45, 7) is 0. The highest BCUT2D eigenvalue weighted by molar-refractivity contribution is 7.75. The normalized spacial score (nSPS) is 25.7. The summed E-state index contributed by atoms with van der Waals surface area (Å²) in [5.74, 6) is 0. The first-order valence-corrected chi connectivity index (χ1v) is 4.60. The molecule has 0 aliphatic heterocycles. The third-order valence-corrected chi connectivity index (χ3v) is 2.34. The average Bonchev–Trinajstić information content (AvgIpc) is 2.59. The van der Waals surface area contributed by atoms with Gasteiger partial charge in [0.25, 0.3) is 0 Å². The summed E-state index contributed by atoms with van der Waals surface area (Å²) in [4.78, 5) is 0. The fourth-order valence-electron chi connectivity index (χ4n) is 0.573. The third-order valence-electron chi connectivity index (χ3n) is 1.48. The van der Waals surface area contributed by atoms with Crippen molar-refractivity contribution in [1.29, 1.82) is 0 Å². The lowest BCUT2D eigenvalue weighted by Gasteiger charge is -1.98. The van der Waals surface area contributed by atoms with E-state index in [2.05, 4.69) is 0 Å². The Morgan fingerprint density at radius 2 is 1.40 bits per heavy atom. The first-order chi connectivity index (χ1) is 4.84. The van der Waals surface area contributed by atoms with Crippen molar-refractivity contribution in [2.45, 2.75) is 37.9 Å². The Morgan fingerprint density at radius 3 is 1.70 bits per heavy atom. The van der Waals surface area contributed by atoms with Crippen LogP contribution in [0.1, 0.15) is 25.7 Å². The fraction of sp³-hybridized carbons (Fsp3) is 1.00. The molecule has 0 N–H and O–H groups in total. The van der Waals surface area contributed by atoms with Crippen molar-refractivity contribution in [2.75, 3.05) is 0 Å². The van der Waals surface area contributed by atoms with Crippen LogP contribution in [0.2, 0.25) is 0 Å². The van der Waals surface area contributed by atoms with Crippen LogP contribution in [0.25, 0.3) is 0 Å². The molecule has 2 aliphatic rings. The van der Waals surface area contributed by atoms with E-state index >= 15 is 0 Å². The van der Waals surface area contributed by atoms with Gasteiger partial charge in [-0.25, -0.2) is 0 Å². The molecule has 2 rings (SSSR count). The van der Waals surface area contributed by atoms with E-state index in [0.717, 1.165) is 25.7 Å². The van der Waals surface area contributed by atoms with Crippen LogP contribution in [0.4, 0.5) is 0 Å². The molecule has 2 aliphatic carbocycles. The standard InChI is InChI=1S/C6H10O3S/c7-10(8-5-1-2-5)9-6-3-4-6/h5-6H,1-4H2. The Bertz CT molecular complexity index is 135. The second kappa shape index (κ2) is 2.60. The van der Waals surface area contributed by atoms with Gasteiger partial charge in [0.1, 0.15) is 0 Å². The van der Waals surface area contributed by atoms with E-state index in [1.54, 1.807) is 0 Å². The molecule has 10 heavy (non-hydrogen) atoms. The van der Waals surface area contributed by atoms with E-state index in [1.807, 2.05) is 0 Å². The van der Waals surface area contributed by atoms with E-state index in [-0.39, 0.29) is 12.2 Å². The van der Waals surface area contributed by atoms with Crippen LogP contribution < -0.4 is 0 Å². The van der Waals surface area contributed by atoms with Crippen LogP contribution in [0.5, 0.6) is 0 Å². The highest BCUT2D eigenvalue weighted by atomic mass is 32.2. The molecule has 0 aromatic heterocycles. The molecule has 0 bridgehead atoms. The van der Waals surface area contributed by atoms with Gasteiger partial charge in [0.15, 0.2) is 0 Å². The smallest absolute Gasteiger partial charge is 0.265 e. The van der Waals surface area contributed by atoms with Gasteiger partial charge in [0, 0.05) is 0 Å². The van der Waals surface area contributed by atoms with Gasteiger partial charge in [-0.2, -0.15) is 4.21 Å². The minimum Gasteiger partial charge on any atom is -0.265 e. The first-order valence-electron chi connectivity index (χ1n) is 3.60. The fourth-order valence-corrected chi connectivity index (χ4v) is 1.45. The van der Waals surface area contributed by atoms with E-state index in [1.165, 1.54) is 0 Å². The van der Waals surface area contributed by atoms with Crippen molar-refractivity contribution in [3.8, 4) is 0 Å². The number of rotatable bonds is 4. The molecular weight excluding hydrogens is 152 g/mol. The SMILES string of the molecule is O=S(OC1CC1)OC1CC1. The molecular formula is C6H10O3S. The Balaban J connectivity index is 1.64. The first kappa shape index (κ1) is 6.76. The van der Waals surface area contributed by atoms with Crippen LogP contribution in [-0.2, 0) is 19.7 Å². The zero-order valence-corrected chi connectivity index (χ0v) is 6.43. The van der Waals surface area contributed by atoms with Crippen LogP contribution in [0.15, 0.2) is 0 Å². The average molecular weight is 162 g/mol. The van der Waals surface area contributed by atoms with Gasteiger partial charge in [-0.15, -0.1) is 0 Å². The van der Waals surface area contributed by atoms with E-state index in [9.17, 15) is 4.21 Å². The van der Waals surface area contributed by atoms with Crippen LogP contribution in [0, 0.1) is 0 Å². The molecule has 2 fully saturated rings. The Kier molecular flexibility index (Phi) is 1.76. The molecule has 0 radical (unpaired) electrons. The maximum atomic E-state index is 10.8. The quantitative estimate of drug-likeness (QED) is 0.616. The Hall–Kier alpha value is 0.0700. The van der Waals surface area contributed by atoms with Crippen molar-refractivity contribution in [1.82, 2.24) is 0 Å². The van der Waals surface area contributed by atoms with Crippen molar-refractivity contribution in [2.24, 2.45) is 0 Å². The summed E-state index contributed by atoms with van der Waals surface area (Å²) >= 11 is -1.46. The summed E-state index contributed by atoms with van der Waals surface area (Å²) in [6, 6.07) is 0. The molecule has 0 spiro atoms. The highest BCUT2D eigenvalue weighted by Gasteiger charge is 2.30. The van der Waals surface area contributed by atoms with Gasteiger partial charge in [0.2, 0.25) is 0 Å². The molecule has 0 unspecified atom stereocenters. The van der Waals surface area contributed by atoms with Gasteiger partial charge >= 0.3 is 11.4 Å². The summed E-state index contributed by atoms with van der Waals surface area (Å²) in [6.07, 6.45) is 4.61. The lowest BCUT2D eigenvalue weighted by Crippen LogP contribution is -2.04. The van der Waals surface area contributed by atoms with Gasteiger partial charge in [0.05, 0.1) is 12.2 Å². The van der Waals surface area contributed by atoms with Crippen molar-refractivity contribution >= 4 is 11.4 Å². The maximum Gasteiger partial charge on any atom is 0.305 e. The van der Waals surface area contributed by atoms with Crippen LogP contribution in [0.3, 0.4) is 0 Å². The molecule has 0 aromatic rings. The molecule has 3 nitrogen and oxygen atoms in total. The number of hydrogen-bond acceptors (Lipinski definition) is 3. The van der Waals surface area contributed by atoms with Crippen LogP contribution in [-0.4, -0.2) is 16.4 Å². The molecule has 4 heteroatoms. The summed E-state index contributed by atoms with van der Waals surface area (Å²) in [5.41, 5.74) is 0. The van der Waals surface area contributed by atoms with E-state index in [4.69, 9.17) is 8.37 Å². The van der Waals surface area contributed by atoms with E-state index < -0.39 is 11.4 Å². The molecule has 0 heterocycles.